The minimum Gasteiger partial charge on any atom is -0.494 e. The minimum absolute atomic E-state index is 0.0000463. The number of rotatable bonds is 1. The zero-order valence-corrected chi connectivity index (χ0v) is 9.33. The smallest absolute Gasteiger partial charge is 0.276 e. The topological polar surface area (TPSA) is 123 Å². The molecule has 0 bridgehead atoms. The number of aryl methyl sites for hydroxylation is 1. The van der Waals surface area contributed by atoms with Gasteiger partial charge in [0.2, 0.25) is 0 Å². The van der Waals surface area contributed by atoms with Crippen molar-refractivity contribution >= 4 is 23.1 Å². The number of carbonyl (C=O) groups excluding carboxylic acids is 2. The van der Waals surface area contributed by atoms with Crippen LogP contribution in [0.4, 0.5) is 0 Å². The summed E-state index contributed by atoms with van der Waals surface area (Å²) in [5, 5.41) is 18.6. The van der Waals surface area contributed by atoms with Gasteiger partial charge in [-0.1, -0.05) is 0 Å². The summed E-state index contributed by atoms with van der Waals surface area (Å²) in [4.78, 5) is 36.5. The van der Waals surface area contributed by atoms with Crippen LogP contribution in [0.3, 0.4) is 0 Å². The van der Waals surface area contributed by atoms with Gasteiger partial charge in [-0.25, -0.2) is 0 Å². The van der Waals surface area contributed by atoms with Crippen molar-refractivity contribution in [3.63, 3.8) is 0 Å². The standard InChI is InChI=1S/C11H9N3O4/c1-4-2-5(9(16)13-8(4)15)6-3-7(12)11(18)14-10(6)17/h2-3,12H,1H3,(H2,13,15,16)(H,14,17,18). The van der Waals surface area contributed by atoms with Crippen LogP contribution in [0.5, 0.6) is 5.88 Å². The fourth-order valence-corrected chi connectivity index (χ4v) is 1.54. The third-order valence-electron chi connectivity index (χ3n) is 2.51. The van der Waals surface area contributed by atoms with E-state index in [1.54, 1.807) is 6.92 Å². The Morgan fingerprint density at radius 2 is 1.89 bits per heavy atom. The molecule has 0 aromatic carbocycles. The number of aromatic amines is 1. The molecule has 1 aromatic rings. The fraction of sp³-hybridized carbons (Fsp3) is 0.0909. The lowest BCUT2D eigenvalue weighted by Gasteiger charge is -2.13. The zero-order valence-electron chi connectivity index (χ0n) is 9.33. The Bertz CT molecular complexity index is 669. The molecule has 0 atom stereocenters. The van der Waals surface area contributed by atoms with Gasteiger partial charge in [-0.15, -0.1) is 0 Å². The van der Waals surface area contributed by atoms with Crippen LogP contribution >= 0.6 is 0 Å². The van der Waals surface area contributed by atoms with Gasteiger partial charge in [0.15, 0.2) is 5.88 Å². The van der Waals surface area contributed by atoms with E-state index in [4.69, 9.17) is 5.41 Å². The summed E-state index contributed by atoms with van der Waals surface area (Å²) in [7, 11) is 0. The van der Waals surface area contributed by atoms with Crippen LogP contribution in [-0.4, -0.2) is 27.6 Å². The quantitative estimate of drug-likeness (QED) is 0.497. The van der Waals surface area contributed by atoms with E-state index in [0.29, 0.717) is 5.56 Å². The van der Waals surface area contributed by atoms with Gasteiger partial charge in [-0.05, 0) is 19.1 Å². The summed E-state index contributed by atoms with van der Waals surface area (Å²) in [5.74, 6) is -1.84. The van der Waals surface area contributed by atoms with Gasteiger partial charge in [0.05, 0.1) is 11.1 Å². The maximum Gasteiger partial charge on any atom is 0.276 e. The molecule has 2 rings (SSSR count). The first-order chi connectivity index (χ1) is 8.40. The van der Waals surface area contributed by atoms with E-state index in [1.807, 2.05) is 5.32 Å². The summed E-state index contributed by atoms with van der Waals surface area (Å²) in [6.45, 7) is 1.55. The number of amides is 2. The van der Waals surface area contributed by atoms with Crippen LogP contribution in [0, 0.1) is 12.3 Å². The molecule has 0 saturated carbocycles. The Kier molecular flexibility index (Phi) is 2.59. The number of imide groups is 1. The Labute approximate surface area is 101 Å². The van der Waals surface area contributed by atoms with Gasteiger partial charge in [0, 0.05) is 5.56 Å². The lowest BCUT2D eigenvalue weighted by Crippen LogP contribution is -2.40. The highest BCUT2D eigenvalue weighted by Crippen LogP contribution is 2.18. The number of nitrogens with one attached hydrogen (secondary N) is 3. The maximum absolute atomic E-state index is 11.6. The minimum atomic E-state index is -0.810. The second kappa shape index (κ2) is 3.95. The molecule has 7 nitrogen and oxygen atoms in total. The molecule has 7 heteroatoms. The monoisotopic (exact) mass is 247 g/mol. The molecule has 2 amide bonds. The lowest BCUT2D eigenvalue weighted by molar-refractivity contribution is -0.124. The normalized spacial score (nSPS) is 15.4. The zero-order chi connectivity index (χ0) is 13.4. The van der Waals surface area contributed by atoms with Crippen LogP contribution < -0.4 is 10.9 Å². The average molecular weight is 247 g/mol. The molecule has 0 radical (unpaired) electrons. The van der Waals surface area contributed by atoms with E-state index in [1.165, 1.54) is 6.07 Å². The molecule has 4 N–H and O–H groups in total. The molecule has 1 aromatic heterocycles. The largest absolute Gasteiger partial charge is 0.494 e. The lowest BCUT2D eigenvalue weighted by atomic mass is 10.0. The highest BCUT2D eigenvalue weighted by atomic mass is 16.3. The number of hydrogen-bond donors (Lipinski definition) is 4. The number of aromatic hydroxyl groups is 1. The van der Waals surface area contributed by atoms with E-state index in [9.17, 15) is 19.5 Å². The molecular weight excluding hydrogens is 238 g/mol. The predicted molar refractivity (Wildman–Crippen MR) is 62.3 cm³/mol. The van der Waals surface area contributed by atoms with E-state index >= 15 is 0 Å². The van der Waals surface area contributed by atoms with Crippen molar-refractivity contribution in [2.24, 2.45) is 0 Å². The Morgan fingerprint density at radius 1 is 1.22 bits per heavy atom. The van der Waals surface area contributed by atoms with Crippen LogP contribution in [0.2, 0.25) is 0 Å². The first-order valence-corrected chi connectivity index (χ1v) is 4.99. The molecule has 0 fully saturated rings. The molecule has 0 aliphatic carbocycles. The van der Waals surface area contributed by atoms with Gasteiger partial charge >= 0.3 is 0 Å². The van der Waals surface area contributed by atoms with Crippen molar-refractivity contribution in [1.29, 1.82) is 5.41 Å². The third kappa shape index (κ3) is 1.81. The van der Waals surface area contributed by atoms with Crippen LogP contribution in [0.1, 0.15) is 11.1 Å². The summed E-state index contributed by atoms with van der Waals surface area (Å²) < 4.78 is 0. The molecule has 0 unspecified atom stereocenters. The number of pyridine rings is 1. The number of H-pyrrole nitrogens is 1. The molecule has 92 valence electrons. The summed E-state index contributed by atoms with van der Waals surface area (Å²) in [6, 6.07) is 1.32. The average Bonchev–Trinajstić information content (AvgIpc) is 2.29. The van der Waals surface area contributed by atoms with Crippen LogP contribution in [0.15, 0.2) is 16.9 Å². The Morgan fingerprint density at radius 3 is 2.56 bits per heavy atom. The second-order valence-corrected chi connectivity index (χ2v) is 3.80. The molecule has 0 spiro atoms. The van der Waals surface area contributed by atoms with Gasteiger partial charge < -0.3 is 5.11 Å². The fourth-order valence-electron chi connectivity index (χ4n) is 1.54. The van der Waals surface area contributed by atoms with E-state index in [2.05, 4.69) is 4.98 Å². The molecule has 1 aliphatic heterocycles. The van der Waals surface area contributed by atoms with Gasteiger partial charge in [0.1, 0.15) is 5.71 Å². The van der Waals surface area contributed by atoms with Gasteiger partial charge in [-0.2, -0.15) is 0 Å². The molecule has 1 aliphatic rings. The van der Waals surface area contributed by atoms with Gasteiger partial charge in [-0.3, -0.25) is 30.1 Å². The second-order valence-electron chi connectivity index (χ2n) is 3.80. The predicted octanol–water partition coefficient (Wildman–Crippen LogP) is -0.552. The Balaban J connectivity index is 2.63. The van der Waals surface area contributed by atoms with E-state index in [0.717, 1.165) is 6.08 Å². The molecule has 2 heterocycles. The molecule has 0 saturated heterocycles. The highest BCUT2D eigenvalue weighted by molar-refractivity contribution is 6.52. The SMILES string of the molecule is Cc1cc(C2=CC(=N)C(=O)NC2=O)c(=O)[nH]c1O. The van der Waals surface area contributed by atoms with Crippen molar-refractivity contribution in [3.8, 4) is 5.88 Å². The van der Waals surface area contributed by atoms with E-state index < -0.39 is 23.1 Å². The molecular formula is C11H9N3O4. The van der Waals surface area contributed by atoms with Crippen molar-refractivity contribution < 1.29 is 14.7 Å². The summed E-state index contributed by atoms with van der Waals surface area (Å²) >= 11 is 0. The highest BCUT2D eigenvalue weighted by Gasteiger charge is 2.25. The van der Waals surface area contributed by atoms with Crippen molar-refractivity contribution in [2.45, 2.75) is 6.92 Å². The van der Waals surface area contributed by atoms with Crippen molar-refractivity contribution in [3.05, 3.63) is 33.6 Å². The number of hydrogen-bond acceptors (Lipinski definition) is 5. The van der Waals surface area contributed by atoms with Crippen LogP contribution in [-0.2, 0) is 9.59 Å². The summed E-state index contributed by atoms with van der Waals surface area (Å²) in [6.07, 6.45) is 1.03. The van der Waals surface area contributed by atoms with Gasteiger partial charge in [0.25, 0.3) is 17.4 Å². The number of carbonyl (C=O) groups is 2. The molecule has 18 heavy (non-hydrogen) atoms. The first kappa shape index (κ1) is 11.8. The number of aromatic nitrogens is 1. The van der Waals surface area contributed by atoms with Crippen molar-refractivity contribution in [1.82, 2.24) is 10.3 Å². The summed E-state index contributed by atoms with van der Waals surface area (Å²) in [5.41, 5.74) is -0.776. The van der Waals surface area contributed by atoms with Crippen LogP contribution in [0.25, 0.3) is 5.57 Å². The van der Waals surface area contributed by atoms with E-state index in [-0.39, 0.29) is 17.0 Å². The Hall–Kier alpha value is -2.70. The van der Waals surface area contributed by atoms with Crippen molar-refractivity contribution in [2.75, 3.05) is 0 Å². The maximum atomic E-state index is 11.6. The first-order valence-electron chi connectivity index (χ1n) is 4.99. The third-order valence-corrected chi connectivity index (χ3v) is 2.51.